The monoisotopic (exact) mass is 405 g/mol. The molecule has 0 radical (unpaired) electrons. The molecule has 1 aliphatic rings. The van der Waals surface area contributed by atoms with Crippen molar-refractivity contribution >= 4 is 22.8 Å². The van der Waals surface area contributed by atoms with Crippen LogP contribution in [0.5, 0.6) is 6.01 Å². The average Bonchev–Trinajstić information content (AvgIpc) is 2.80. The second kappa shape index (κ2) is 10.1. The highest BCUT2D eigenvalue weighted by atomic mass is 16.5. The number of hydrogen-bond donors (Lipinski definition) is 1. The first-order valence-corrected chi connectivity index (χ1v) is 10.3. The number of nitrogens with one attached hydrogen (secondary N) is 1. The Balaban J connectivity index is 1.50. The van der Waals surface area contributed by atoms with E-state index in [0.717, 1.165) is 36.7 Å². The van der Waals surface area contributed by atoms with Crippen molar-refractivity contribution in [2.45, 2.75) is 6.54 Å². The lowest BCUT2D eigenvalue weighted by Gasteiger charge is -2.28. The molecular weight excluding hydrogens is 378 g/mol. The van der Waals surface area contributed by atoms with Gasteiger partial charge < -0.3 is 19.7 Å². The van der Waals surface area contributed by atoms with Crippen LogP contribution in [0.15, 0.2) is 53.5 Å². The Kier molecular flexibility index (Phi) is 6.84. The molecule has 7 heteroatoms. The van der Waals surface area contributed by atoms with Gasteiger partial charge in [-0.2, -0.15) is 9.97 Å². The lowest BCUT2D eigenvalue weighted by molar-refractivity contribution is 0.122. The van der Waals surface area contributed by atoms with Crippen LogP contribution in [-0.4, -0.2) is 62.7 Å². The fourth-order valence-corrected chi connectivity index (χ4v) is 3.34. The van der Waals surface area contributed by atoms with Gasteiger partial charge in [-0.25, -0.2) is 0 Å². The van der Waals surface area contributed by atoms with E-state index >= 15 is 0 Å². The van der Waals surface area contributed by atoms with Crippen LogP contribution in [0.1, 0.15) is 11.3 Å². The number of likely N-dealkylation sites (N-methyl/N-ethyl adjacent to an activating group) is 1. The van der Waals surface area contributed by atoms with Crippen LogP contribution in [0.3, 0.4) is 0 Å². The van der Waals surface area contributed by atoms with E-state index < -0.39 is 0 Å². The van der Waals surface area contributed by atoms with Crippen molar-refractivity contribution in [3.8, 4) is 6.01 Å². The predicted molar refractivity (Wildman–Crippen MR) is 120 cm³/mol. The lowest BCUT2D eigenvalue weighted by Crippen LogP contribution is -2.37. The van der Waals surface area contributed by atoms with E-state index in [4.69, 9.17) is 9.47 Å². The summed E-state index contributed by atoms with van der Waals surface area (Å²) in [6, 6.07) is 17.1. The van der Waals surface area contributed by atoms with Crippen LogP contribution < -0.4 is 15.0 Å². The number of aromatic nitrogens is 2. The zero-order chi connectivity index (χ0) is 20.6. The van der Waals surface area contributed by atoms with Crippen molar-refractivity contribution in [1.82, 2.24) is 15.3 Å². The topological polar surface area (TPSA) is 71.9 Å². The molecule has 0 saturated carbocycles. The molecule has 0 aliphatic carbocycles. The summed E-state index contributed by atoms with van der Waals surface area (Å²) in [5.74, 6) is 0.847. The highest BCUT2D eigenvalue weighted by molar-refractivity contribution is 5.83. The van der Waals surface area contributed by atoms with E-state index in [1.807, 2.05) is 13.1 Å². The summed E-state index contributed by atoms with van der Waals surface area (Å²) in [5, 5.41) is 5.52. The summed E-state index contributed by atoms with van der Waals surface area (Å²) in [4.78, 5) is 15.9. The Hall–Kier alpha value is -3.03. The van der Waals surface area contributed by atoms with Crippen LogP contribution >= 0.6 is 0 Å². The third kappa shape index (κ3) is 5.31. The number of morpholine rings is 1. The molecule has 1 N–H and O–H groups in total. The maximum Gasteiger partial charge on any atom is 0.319 e. The standard InChI is InChI=1S/C23H27N5O2/c1-24-8-11-30-23-26-21(15-22(27-23)28-9-12-29-13-10-28)17-25-16-18-6-7-19-4-2-3-5-20(19)14-18/h2-7,14-15,17,24H,8-13,16H2,1H3. The number of hydrogen-bond acceptors (Lipinski definition) is 7. The van der Waals surface area contributed by atoms with E-state index in [2.05, 4.69) is 67.6 Å². The van der Waals surface area contributed by atoms with E-state index in [-0.39, 0.29) is 0 Å². The zero-order valence-corrected chi connectivity index (χ0v) is 17.3. The molecule has 0 spiro atoms. The second-order valence-corrected chi connectivity index (χ2v) is 7.14. The fourth-order valence-electron chi connectivity index (χ4n) is 3.34. The molecule has 7 nitrogen and oxygen atoms in total. The van der Waals surface area contributed by atoms with E-state index in [9.17, 15) is 0 Å². The van der Waals surface area contributed by atoms with Crippen molar-refractivity contribution in [1.29, 1.82) is 0 Å². The van der Waals surface area contributed by atoms with Crippen LogP contribution in [0, 0.1) is 0 Å². The minimum absolute atomic E-state index is 0.376. The van der Waals surface area contributed by atoms with Crippen LogP contribution in [-0.2, 0) is 11.3 Å². The van der Waals surface area contributed by atoms with Gasteiger partial charge in [0.05, 0.1) is 25.5 Å². The molecule has 0 unspecified atom stereocenters. The van der Waals surface area contributed by atoms with E-state index in [1.165, 1.54) is 10.8 Å². The molecule has 1 saturated heterocycles. The first kappa shape index (κ1) is 20.3. The van der Waals surface area contributed by atoms with Crippen molar-refractivity contribution < 1.29 is 9.47 Å². The second-order valence-electron chi connectivity index (χ2n) is 7.14. The Morgan fingerprint density at radius 1 is 1.10 bits per heavy atom. The quantitative estimate of drug-likeness (QED) is 0.459. The number of rotatable bonds is 8. The van der Waals surface area contributed by atoms with Gasteiger partial charge in [0.2, 0.25) is 0 Å². The molecule has 3 aromatic rings. The molecule has 156 valence electrons. The summed E-state index contributed by atoms with van der Waals surface area (Å²) >= 11 is 0. The Labute approximate surface area is 176 Å². The molecule has 0 bridgehead atoms. The minimum atomic E-state index is 0.376. The first-order valence-electron chi connectivity index (χ1n) is 10.3. The van der Waals surface area contributed by atoms with Crippen molar-refractivity contribution in [3.05, 3.63) is 59.8 Å². The molecule has 30 heavy (non-hydrogen) atoms. The summed E-state index contributed by atoms with van der Waals surface area (Å²) in [7, 11) is 1.89. The van der Waals surface area contributed by atoms with Gasteiger partial charge in [0.1, 0.15) is 12.4 Å². The van der Waals surface area contributed by atoms with E-state index in [1.54, 1.807) is 6.21 Å². The highest BCUT2D eigenvalue weighted by Gasteiger charge is 2.15. The van der Waals surface area contributed by atoms with Gasteiger partial charge in [-0.3, -0.25) is 4.99 Å². The Morgan fingerprint density at radius 2 is 1.93 bits per heavy atom. The number of ether oxygens (including phenoxy) is 2. The van der Waals surface area contributed by atoms with Gasteiger partial charge in [-0.1, -0.05) is 36.4 Å². The largest absolute Gasteiger partial charge is 0.462 e. The van der Waals surface area contributed by atoms with Crippen LogP contribution in [0.25, 0.3) is 10.8 Å². The molecular formula is C23H27N5O2. The van der Waals surface area contributed by atoms with Gasteiger partial charge >= 0.3 is 6.01 Å². The number of benzene rings is 2. The van der Waals surface area contributed by atoms with Gasteiger partial charge in [-0.05, 0) is 29.4 Å². The molecule has 0 amide bonds. The third-order valence-corrected chi connectivity index (χ3v) is 4.94. The number of aliphatic imine (C=N–C) groups is 1. The predicted octanol–water partition coefficient (Wildman–Crippen LogP) is 2.68. The minimum Gasteiger partial charge on any atom is -0.462 e. The van der Waals surface area contributed by atoms with Gasteiger partial charge in [0.15, 0.2) is 0 Å². The number of nitrogens with zero attached hydrogens (tertiary/aromatic N) is 4. The maximum atomic E-state index is 5.73. The van der Waals surface area contributed by atoms with Gasteiger partial charge in [-0.15, -0.1) is 0 Å². The summed E-state index contributed by atoms with van der Waals surface area (Å²) in [6.07, 6.45) is 1.80. The van der Waals surface area contributed by atoms with Gasteiger partial charge in [0.25, 0.3) is 0 Å². The molecule has 1 aromatic heterocycles. The van der Waals surface area contributed by atoms with Crippen molar-refractivity contribution in [2.24, 2.45) is 4.99 Å². The molecule has 2 aromatic carbocycles. The third-order valence-electron chi connectivity index (χ3n) is 4.94. The normalized spacial score (nSPS) is 14.5. The lowest BCUT2D eigenvalue weighted by atomic mass is 10.1. The van der Waals surface area contributed by atoms with Crippen LogP contribution in [0.4, 0.5) is 5.82 Å². The zero-order valence-electron chi connectivity index (χ0n) is 17.3. The maximum absolute atomic E-state index is 5.73. The Bertz CT molecular complexity index is 1000. The first-order chi connectivity index (χ1) is 14.8. The molecule has 4 rings (SSSR count). The fraction of sp³-hybridized carbons (Fsp3) is 0.348. The summed E-state index contributed by atoms with van der Waals surface area (Å²) in [6.45, 7) is 4.85. The van der Waals surface area contributed by atoms with Crippen molar-refractivity contribution in [2.75, 3.05) is 51.4 Å². The van der Waals surface area contributed by atoms with E-state index in [0.29, 0.717) is 32.4 Å². The average molecular weight is 406 g/mol. The SMILES string of the molecule is CNCCOc1nc(C=NCc2ccc3ccccc3c2)cc(N2CCOCC2)n1. The van der Waals surface area contributed by atoms with Crippen molar-refractivity contribution in [3.63, 3.8) is 0 Å². The number of anilines is 1. The molecule has 2 heterocycles. The molecule has 1 fully saturated rings. The summed E-state index contributed by atoms with van der Waals surface area (Å²) in [5.41, 5.74) is 1.91. The smallest absolute Gasteiger partial charge is 0.319 e. The molecule has 1 aliphatic heterocycles. The summed E-state index contributed by atoms with van der Waals surface area (Å²) < 4.78 is 11.2. The van der Waals surface area contributed by atoms with Crippen LogP contribution in [0.2, 0.25) is 0 Å². The highest BCUT2D eigenvalue weighted by Crippen LogP contribution is 2.18. The molecule has 0 atom stereocenters. The number of fused-ring (bicyclic) bond motifs is 1. The Morgan fingerprint density at radius 3 is 2.77 bits per heavy atom. The van der Waals surface area contributed by atoms with Gasteiger partial charge in [0, 0.05) is 31.9 Å².